The van der Waals surface area contributed by atoms with Gasteiger partial charge in [0.15, 0.2) is 0 Å². The predicted molar refractivity (Wildman–Crippen MR) is 112 cm³/mol. The maximum atomic E-state index is 12.4. The fourth-order valence-corrected chi connectivity index (χ4v) is 4.29. The van der Waals surface area contributed by atoms with Crippen LogP contribution in [0.3, 0.4) is 0 Å². The molecule has 0 bridgehead atoms. The molecule has 0 saturated carbocycles. The lowest BCUT2D eigenvalue weighted by Gasteiger charge is -2.24. The predicted octanol–water partition coefficient (Wildman–Crippen LogP) is 3.62. The van der Waals surface area contributed by atoms with Crippen LogP contribution in [0.1, 0.15) is 40.2 Å². The van der Waals surface area contributed by atoms with Crippen LogP contribution < -0.4 is 5.32 Å². The Balaban J connectivity index is 1.60. The summed E-state index contributed by atoms with van der Waals surface area (Å²) >= 11 is 1.63. The van der Waals surface area contributed by atoms with Crippen molar-refractivity contribution in [2.24, 2.45) is 0 Å². The van der Waals surface area contributed by atoms with Crippen LogP contribution in [0.2, 0.25) is 0 Å². The minimum absolute atomic E-state index is 0.0176. The largest absolute Gasteiger partial charge is 0.382 e. The number of nitrogens with zero attached hydrogens (tertiary/aromatic N) is 1. The third-order valence-electron chi connectivity index (χ3n) is 4.58. The topological polar surface area (TPSA) is 58.6 Å². The standard InChI is InChI=1S/C22H26N2O3S/c1-2-27-14-6-13-23-21(26)18-9-11-19(12-10-18)22-24(20(25)16-28-22)15-17-7-4-3-5-8-17/h3-5,7-12,22H,2,6,13-16H2,1H3,(H,23,26)/t22-/m1/s1. The first-order valence-electron chi connectivity index (χ1n) is 9.60. The molecule has 1 heterocycles. The third kappa shape index (κ3) is 5.36. The van der Waals surface area contributed by atoms with Crippen LogP contribution in [0.25, 0.3) is 0 Å². The molecule has 0 unspecified atom stereocenters. The summed E-state index contributed by atoms with van der Waals surface area (Å²) in [7, 11) is 0. The molecule has 1 fully saturated rings. The molecule has 1 saturated heterocycles. The number of ether oxygens (including phenoxy) is 1. The van der Waals surface area contributed by atoms with Gasteiger partial charge in [0, 0.05) is 31.9 Å². The SMILES string of the molecule is CCOCCCNC(=O)c1ccc([C@H]2SCC(=O)N2Cc2ccccc2)cc1. The smallest absolute Gasteiger partial charge is 0.251 e. The summed E-state index contributed by atoms with van der Waals surface area (Å²) in [5, 5.41) is 2.89. The minimum Gasteiger partial charge on any atom is -0.382 e. The van der Waals surface area contributed by atoms with Crippen LogP contribution in [0.5, 0.6) is 0 Å². The molecule has 2 aromatic rings. The van der Waals surface area contributed by atoms with Crippen molar-refractivity contribution in [3.63, 3.8) is 0 Å². The molecule has 1 atom stereocenters. The van der Waals surface area contributed by atoms with Crippen molar-refractivity contribution in [3.8, 4) is 0 Å². The van der Waals surface area contributed by atoms with Gasteiger partial charge in [0.1, 0.15) is 5.37 Å². The van der Waals surface area contributed by atoms with E-state index in [2.05, 4.69) is 5.32 Å². The second-order valence-corrected chi connectivity index (χ2v) is 7.67. The zero-order valence-corrected chi connectivity index (χ0v) is 16.9. The highest BCUT2D eigenvalue weighted by molar-refractivity contribution is 8.00. The van der Waals surface area contributed by atoms with Gasteiger partial charge < -0.3 is 15.0 Å². The number of thioether (sulfide) groups is 1. The maximum absolute atomic E-state index is 12.4. The first-order valence-corrected chi connectivity index (χ1v) is 10.6. The number of nitrogens with one attached hydrogen (secondary N) is 1. The van der Waals surface area contributed by atoms with E-state index < -0.39 is 0 Å². The van der Waals surface area contributed by atoms with E-state index in [4.69, 9.17) is 4.74 Å². The van der Waals surface area contributed by atoms with Gasteiger partial charge in [0.05, 0.1) is 5.75 Å². The molecule has 148 valence electrons. The van der Waals surface area contributed by atoms with Gasteiger partial charge in [-0.15, -0.1) is 11.8 Å². The van der Waals surface area contributed by atoms with E-state index in [1.165, 1.54) is 0 Å². The zero-order chi connectivity index (χ0) is 19.8. The molecule has 28 heavy (non-hydrogen) atoms. The number of carbonyl (C=O) groups excluding carboxylic acids is 2. The lowest BCUT2D eigenvalue weighted by atomic mass is 10.1. The van der Waals surface area contributed by atoms with E-state index in [9.17, 15) is 9.59 Å². The highest BCUT2D eigenvalue weighted by Crippen LogP contribution is 2.39. The highest BCUT2D eigenvalue weighted by Gasteiger charge is 2.32. The number of carbonyl (C=O) groups is 2. The Morgan fingerprint density at radius 1 is 1.18 bits per heavy atom. The van der Waals surface area contributed by atoms with Gasteiger partial charge in [-0.05, 0) is 36.6 Å². The normalized spacial score (nSPS) is 16.4. The van der Waals surface area contributed by atoms with Crippen molar-refractivity contribution in [3.05, 3.63) is 71.3 Å². The van der Waals surface area contributed by atoms with Crippen LogP contribution in [0.15, 0.2) is 54.6 Å². The first-order chi connectivity index (χ1) is 13.7. The van der Waals surface area contributed by atoms with Gasteiger partial charge in [-0.3, -0.25) is 9.59 Å². The molecule has 0 radical (unpaired) electrons. The summed E-state index contributed by atoms with van der Waals surface area (Å²) in [4.78, 5) is 26.5. The number of amides is 2. The van der Waals surface area contributed by atoms with Gasteiger partial charge in [-0.1, -0.05) is 42.5 Å². The number of hydrogen-bond donors (Lipinski definition) is 1. The second kappa shape index (κ2) is 10.3. The average molecular weight is 399 g/mol. The number of benzene rings is 2. The molecular weight excluding hydrogens is 372 g/mol. The molecule has 6 heteroatoms. The van der Waals surface area contributed by atoms with Gasteiger partial charge in [-0.2, -0.15) is 0 Å². The van der Waals surface area contributed by atoms with E-state index in [0.717, 1.165) is 17.5 Å². The van der Waals surface area contributed by atoms with Crippen molar-refractivity contribution in [1.82, 2.24) is 10.2 Å². The Kier molecular flexibility index (Phi) is 7.51. The molecule has 3 rings (SSSR count). The Hall–Kier alpha value is -2.31. The van der Waals surface area contributed by atoms with Gasteiger partial charge in [0.2, 0.25) is 5.91 Å². The summed E-state index contributed by atoms with van der Waals surface area (Å²) in [6.45, 7) is 4.49. The summed E-state index contributed by atoms with van der Waals surface area (Å²) in [6.07, 6.45) is 0.799. The fraction of sp³-hybridized carbons (Fsp3) is 0.364. The second-order valence-electron chi connectivity index (χ2n) is 6.60. The first kappa shape index (κ1) is 20.4. The molecule has 0 aromatic heterocycles. The van der Waals surface area contributed by atoms with Crippen molar-refractivity contribution >= 4 is 23.6 Å². The summed E-state index contributed by atoms with van der Waals surface area (Å²) in [5.41, 5.74) is 2.79. The van der Waals surface area contributed by atoms with E-state index in [1.54, 1.807) is 11.8 Å². The molecular formula is C22H26N2O3S. The van der Waals surface area contributed by atoms with Crippen molar-refractivity contribution in [2.45, 2.75) is 25.3 Å². The summed E-state index contributed by atoms with van der Waals surface area (Å²) in [5.74, 6) is 0.550. The zero-order valence-electron chi connectivity index (χ0n) is 16.1. The van der Waals surface area contributed by atoms with Crippen LogP contribution in [-0.2, 0) is 16.1 Å². The van der Waals surface area contributed by atoms with Crippen LogP contribution in [0.4, 0.5) is 0 Å². The van der Waals surface area contributed by atoms with E-state index in [-0.39, 0.29) is 17.2 Å². The highest BCUT2D eigenvalue weighted by atomic mass is 32.2. The Bertz CT molecular complexity index is 780. The third-order valence-corrected chi connectivity index (χ3v) is 5.83. The Morgan fingerprint density at radius 3 is 2.64 bits per heavy atom. The van der Waals surface area contributed by atoms with Crippen LogP contribution in [0, 0.1) is 0 Å². The van der Waals surface area contributed by atoms with Crippen molar-refractivity contribution < 1.29 is 14.3 Å². The Labute approximate surface area is 170 Å². The van der Waals surface area contributed by atoms with E-state index >= 15 is 0 Å². The molecule has 1 aliphatic heterocycles. The van der Waals surface area contributed by atoms with E-state index in [1.807, 2.05) is 66.4 Å². The molecule has 1 N–H and O–H groups in total. The van der Waals surface area contributed by atoms with Gasteiger partial charge in [-0.25, -0.2) is 0 Å². The average Bonchev–Trinajstić information content (AvgIpc) is 3.09. The molecule has 1 aliphatic rings. The molecule has 0 aliphatic carbocycles. The van der Waals surface area contributed by atoms with Crippen LogP contribution >= 0.6 is 11.8 Å². The molecule has 2 aromatic carbocycles. The number of rotatable bonds is 9. The van der Waals surface area contributed by atoms with Crippen molar-refractivity contribution in [2.75, 3.05) is 25.5 Å². The lowest BCUT2D eigenvalue weighted by Crippen LogP contribution is -2.28. The fourth-order valence-electron chi connectivity index (χ4n) is 3.10. The van der Waals surface area contributed by atoms with E-state index in [0.29, 0.717) is 37.6 Å². The van der Waals surface area contributed by atoms with Crippen molar-refractivity contribution in [1.29, 1.82) is 0 Å². The molecule has 0 spiro atoms. The quantitative estimate of drug-likeness (QED) is 0.656. The summed E-state index contributed by atoms with van der Waals surface area (Å²) in [6, 6.07) is 17.6. The monoisotopic (exact) mass is 398 g/mol. The number of hydrogen-bond acceptors (Lipinski definition) is 4. The molecule has 5 nitrogen and oxygen atoms in total. The lowest BCUT2D eigenvalue weighted by molar-refractivity contribution is -0.128. The van der Waals surface area contributed by atoms with Gasteiger partial charge >= 0.3 is 0 Å². The maximum Gasteiger partial charge on any atom is 0.251 e. The minimum atomic E-state index is -0.0839. The molecule has 2 amide bonds. The van der Waals surface area contributed by atoms with Crippen LogP contribution in [-0.4, -0.2) is 42.2 Å². The van der Waals surface area contributed by atoms with Gasteiger partial charge in [0.25, 0.3) is 5.91 Å². The summed E-state index contributed by atoms with van der Waals surface area (Å²) < 4.78 is 5.27. The Morgan fingerprint density at radius 2 is 1.93 bits per heavy atom.